The zero-order valence-corrected chi connectivity index (χ0v) is 20.3. The fourth-order valence-electron chi connectivity index (χ4n) is 4.26. The highest BCUT2D eigenvalue weighted by Gasteiger charge is 2.41. The average molecular weight is 461 g/mol. The van der Waals surface area contributed by atoms with Gasteiger partial charge in [0.15, 0.2) is 5.78 Å². The van der Waals surface area contributed by atoms with E-state index in [1.165, 1.54) is 4.90 Å². The van der Waals surface area contributed by atoms with Crippen molar-refractivity contribution in [3.8, 4) is 0 Å². The van der Waals surface area contributed by atoms with E-state index in [1.54, 1.807) is 18.0 Å². The first-order valence-electron chi connectivity index (χ1n) is 11.2. The topological polar surface area (TPSA) is 84.8 Å². The van der Waals surface area contributed by atoms with Gasteiger partial charge in [-0.1, -0.05) is 19.1 Å². The lowest BCUT2D eigenvalue weighted by atomic mass is 9.70. The Morgan fingerprint density at radius 1 is 1.15 bits per heavy atom. The molecule has 1 unspecified atom stereocenters. The van der Waals surface area contributed by atoms with Crippen LogP contribution in [0.4, 0.5) is 5.82 Å². The monoisotopic (exact) mass is 460 g/mol. The van der Waals surface area contributed by atoms with Crippen LogP contribution in [0.25, 0.3) is 0 Å². The van der Waals surface area contributed by atoms with Crippen molar-refractivity contribution < 1.29 is 9.59 Å². The predicted molar refractivity (Wildman–Crippen MR) is 131 cm³/mol. The van der Waals surface area contributed by atoms with E-state index in [1.807, 2.05) is 57.2 Å². The molecule has 0 saturated heterocycles. The second kappa shape index (κ2) is 9.43. The number of rotatable bonds is 6. The van der Waals surface area contributed by atoms with Gasteiger partial charge in [-0.2, -0.15) is 0 Å². The van der Waals surface area contributed by atoms with Gasteiger partial charge in [-0.05, 0) is 74.8 Å². The minimum atomic E-state index is -0.708. The number of ketones is 1. The predicted octanol–water partition coefficient (Wildman–Crippen LogP) is 4.87. The molecule has 1 aliphatic carbocycles. The minimum Gasteiger partial charge on any atom is -0.310 e. The first-order valence-corrected chi connectivity index (χ1v) is 12.1. The summed E-state index contributed by atoms with van der Waals surface area (Å²) in [6.07, 6.45) is 3.22. The molecule has 33 heavy (non-hydrogen) atoms. The minimum absolute atomic E-state index is 0.0108. The highest BCUT2D eigenvalue weighted by Crippen LogP contribution is 2.38. The Bertz CT molecular complexity index is 1190. The molecule has 0 aliphatic heterocycles. The number of carbonyl (C=O) groups excluding carboxylic acids is 2. The van der Waals surface area contributed by atoms with Crippen LogP contribution in [0.15, 0.2) is 47.5 Å². The summed E-state index contributed by atoms with van der Waals surface area (Å²) in [4.78, 5) is 40.4. The van der Waals surface area contributed by atoms with Gasteiger partial charge >= 0.3 is 0 Å². The number of fused-ring (bicyclic) bond motifs is 1. The Hall–Kier alpha value is -3.06. The Labute approximate surface area is 198 Å². The summed E-state index contributed by atoms with van der Waals surface area (Å²) in [6, 6.07) is 11.8. The van der Waals surface area contributed by atoms with Crippen LogP contribution in [0.5, 0.6) is 0 Å². The van der Waals surface area contributed by atoms with Gasteiger partial charge in [0.25, 0.3) is 0 Å². The standard InChI is InChI=1S/C26H28N4O2S/c1-5-33-20-8-6-18(7-9-20)13-24(31)30-23-14-19-10-11-26(4,25(32)21(19)15-27-23)22-12-16(2)28-17(3)29-22/h6-9,12,14-15H,5,10-11,13H2,1-4H3,(H,27,30,31). The molecule has 1 atom stereocenters. The van der Waals surface area contributed by atoms with Gasteiger partial charge in [-0.3, -0.25) is 9.59 Å². The van der Waals surface area contributed by atoms with E-state index in [2.05, 4.69) is 27.2 Å². The van der Waals surface area contributed by atoms with Crippen LogP contribution in [-0.4, -0.2) is 32.4 Å². The fraction of sp³-hybridized carbons (Fsp3) is 0.346. The molecule has 7 heteroatoms. The molecule has 2 heterocycles. The molecule has 1 amide bonds. The number of hydrogen-bond donors (Lipinski definition) is 1. The van der Waals surface area contributed by atoms with Gasteiger partial charge in [-0.25, -0.2) is 15.0 Å². The van der Waals surface area contributed by atoms with Crippen molar-refractivity contribution in [1.82, 2.24) is 15.0 Å². The lowest BCUT2D eigenvalue weighted by Gasteiger charge is -2.33. The second-order valence-electron chi connectivity index (χ2n) is 8.63. The van der Waals surface area contributed by atoms with E-state index in [-0.39, 0.29) is 18.1 Å². The molecular weight excluding hydrogens is 432 g/mol. The molecule has 0 bridgehead atoms. The third kappa shape index (κ3) is 4.98. The van der Waals surface area contributed by atoms with Crippen LogP contribution in [0.1, 0.15) is 59.0 Å². The lowest BCUT2D eigenvalue weighted by molar-refractivity contribution is -0.115. The Kier molecular flexibility index (Phi) is 6.61. The maximum atomic E-state index is 13.4. The lowest BCUT2D eigenvalue weighted by Crippen LogP contribution is -2.38. The highest BCUT2D eigenvalue weighted by atomic mass is 32.2. The maximum Gasteiger partial charge on any atom is 0.229 e. The van der Waals surface area contributed by atoms with E-state index >= 15 is 0 Å². The number of Topliss-reactive ketones (excluding diaryl/α,β-unsaturated/α-hetero) is 1. The van der Waals surface area contributed by atoms with Crippen molar-refractivity contribution in [3.63, 3.8) is 0 Å². The Morgan fingerprint density at radius 2 is 1.91 bits per heavy atom. The van der Waals surface area contributed by atoms with Crippen LogP contribution in [0.2, 0.25) is 0 Å². The number of anilines is 1. The number of hydrogen-bond acceptors (Lipinski definition) is 6. The van der Waals surface area contributed by atoms with Crippen molar-refractivity contribution in [2.75, 3.05) is 11.1 Å². The number of pyridine rings is 1. The number of carbonyl (C=O) groups is 2. The number of thioether (sulfide) groups is 1. The van der Waals surface area contributed by atoms with Gasteiger partial charge in [0.2, 0.25) is 5.91 Å². The number of nitrogens with zero attached hydrogens (tertiary/aromatic N) is 3. The van der Waals surface area contributed by atoms with Crippen molar-refractivity contribution >= 4 is 29.3 Å². The van der Waals surface area contributed by atoms with E-state index in [0.717, 1.165) is 28.3 Å². The SMILES string of the molecule is CCSc1ccc(CC(=O)Nc2cc3c(cn2)C(=O)C(C)(c2cc(C)nc(C)n2)CC3)cc1. The van der Waals surface area contributed by atoms with Crippen molar-refractivity contribution in [3.05, 3.63) is 76.5 Å². The second-order valence-corrected chi connectivity index (χ2v) is 9.97. The largest absolute Gasteiger partial charge is 0.310 e. The number of aromatic nitrogens is 3. The molecule has 1 N–H and O–H groups in total. The molecule has 0 radical (unpaired) electrons. The summed E-state index contributed by atoms with van der Waals surface area (Å²) >= 11 is 1.77. The van der Waals surface area contributed by atoms with Gasteiger partial charge in [-0.15, -0.1) is 11.8 Å². The first-order chi connectivity index (χ1) is 15.8. The number of nitrogens with one attached hydrogen (secondary N) is 1. The highest BCUT2D eigenvalue weighted by molar-refractivity contribution is 7.99. The van der Waals surface area contributed by atoms with Crippen LogP contribution in [-0.2, 0) is 23.1 Å². The van der Waals surface area contributed by atoms with Gasteiger partial charge < -0.3 is 5.32 Å². The van der Waals surface area contributed by atoms with Gasteiger partial charge in [0.1, 0.15) is 11.6 Å². The van der Waals surface area contributed by atoms with Crippen molar-refractivity contribution in [1.29, 1.82) is 0 Å². The summed E-state index contributed by atoms with van der Waals surface area (Å²) in [5.41, 5.74) is 3.36. The first kappa shape index (κ1) is 23.1. The Balaban J connectivity index is 1.48. The van der Waals surface area contributed by atoms with E-state index in [9.17, 15) is 9.59 Å². The van der Waals surface area contributed by atoms with Gasteiger partial charge in [0, 0.05) is 22.3 Å². The summed E-state index contributed by atoms with van der Waals surface area (Å²) in [5.74, 6) is 2.04. The molecule has 3 aromatic rings. The third-order valence-corrected chi connectivity index (χ3v) is 6.92. The molecule has 4 rings (SSSR count). The molecule has 2 aromatic heterocycles. The summed E-state index contributed by atoms with van der Waals surface area (Å²) in [5, 5.41) is 2.88. The summed E-state index contributed by atoms with van der Waals surface area (Å²) < 4.78 is 0. The van der Waals surface area contributed by atoms with E-state index in [0.29, 0.717) is 30.0 Å². The molecule has 170 valence electrons. The smallest absolute Gasteiger partial charge is 0.229 e. The number of benzene rings is 1. The maximum absolute atomic E-state index is 13.4. The van der Waals surface area contributed by atoms with Crippen LogP contribution in [0.3, 0.4) is 0 Å². The van der Waals surface area contributed by atoms with E-state index < -0.39 is 5.41 Å². The quantitative estimate of drug-likeness (QED) is 0.529. The molecule has 0 fully saturated rings. The summed E-state index contributed by atoms with van der Waals surface area (Å²) in [7, 11) is 0. The molecule has 1 aromatic carbocycles. The van der Waals surface area contributed by atoms with E-state index in [4.69, 9.17) is 0 Å². The molecular formula is C26H28N4O2S. The molecule has 6 nitrogen and oxygen atoms in total. The Morgan fingerprint density at radius 3 is 2.61 bits per heavy atom. The van der Waals surface area contributed by atoms with Gasteiger partial charge in [0.05, 0.1) is 17.5 Å². The zero-order valence-electron chi connectivity index (χ0n) is 19.4. The average Bonchev–Trinajstić information content (AvgIpc) is 2.77. The number of amides is 1. The van der Waals surface area contributed by atoms with Crippen molar-refractivity contribution in [2.24, 2.45) is 0 Å². The van der Waals surface area contributed by atoms with Crippen molar-refractivity contribution in [2.45, 2.75) is 57.3 Å². The van der Waals surface area contributed by atoms with Crippen LogP contribution < -0.4 is 5.32 Å². The normalized spacial score (nSPS) is 17.5. The number of aryl methyl sites for hydroxylation is 3. The van der Waals surface area contributed by atoms with Crippen LogP contribution in [0, 0.1) is 13.8 Å². The van der Waals surface area contributed by atoms with Crippen LogP contribution >= 0.6 is 11.8 Å². The molecule has 1 aliphatic rings. The fourth-order valence-corrected chi connectivity index (χ4v) is 4.92. The molecule has 0 saturated carbocycles. The third-order valence-electron chi connectivity index (χ3n) is 6.03. The molecule has 0 spiro atoms. The zero-order chi connectivity index (χ0) is 23.6. The summed E-state index contributed by atoms with van der Waals surface area (Å²) in [6.45, 7) is 7.82.